The molecule has 1 aromatic carbocycles. The van der Waals surface area contributed by atoms with E-state index in [2.05, 4.69) is 5.32 Å². The Morgan fingerprint density at radius 3 is 2.76 bits per heavy atom. The van der Waals surface area contributed by atoms with Crippen molar-refractivity contribution in [1.29, 1.82) is 0 Å². The Bertz CT molecular complexity index is 369. The second-order valence-corrected chi connectivity index (χ2v) is 4.82. The molecule has 1 amide bonds. The summed E-state index contributed by atoms with van der Waals surface area (Å²) in [6.07, 6.45) is 2.59. The summed E-state index contributed by atoms with van der Waals surface area (Å²) in [5.74, 6) is 0. The summed E-state index contributed by atoms with van der Waals surface area (Å²) >= 11 is 6.07. The summed E-state index contributed by atoms with van der Waals surface area (Å²) in [5, 5.41) is 2.85. The molecular weight excluding hydrogens is 238 g/mol. The molecule has 0 saturated heterocycles. The number of hydrogen-bond donors (Lipinski definition) is 1. The molecule has 2 unspecified atom stereocenters. The topological polar surface area (TPSA) is 38.3 Å². The second-order valence-electron chi connectivity index (χ2n) is 4.26. The monoisotopic (exact) mass is 253 g/mol. The maximum atomic E-state index is 11.5. The fourth-order valence-electron chi connectivity index (χ4n) is 1.99. The summed E-state index contributed by atoms with van der Waals surface area (Å²) in [6, 6.07) is 9.67. The van der Waals surface area contributed by atoms with Gasteiger partial charge in [-0.1, -0.05) is 30.3 Å². The highest BCUT2D eigenvalue weighted by Gasteiger charge is 2.26. The minimum atomic E-state index is -0.383. The summed E-state index contributed by atoms with van der Waals surface area (Å²) in [5.41, 5.74) is 0.983. The molecule has 3 nitrogen and oxygen atoms in total. The summed E-state index contributed by atoms with van der Waals surface area (Å²) in [7, 11) is 0. The van der Waals surface area contributed by atoms with Crippen LogP contribution in [0, 0.1) is 0 Å². The molecule has 2 atom stereocenters. The second kappa shape index (κ2) is 5.92. The third-order valence-electron chi connectivity index (χ3n) is 2.95. The first kappa shape index (κ1) is 12.2. The van der Waals surface area contributed by atoms with Gasteiger partial charge in [-0.2, -0.15) is 0 Å². The number of carbonyl (C=O) groups is 1. The third kappa shape index (κ3) is 3.63. The van der Waals surface area contributed by atoms with Crippen LogP contribution in [0.1, 0.15) is 24.8 Å². The standard InChI is InChI=1S/C13H16ClNO2/c14-11-7-4-8-12(11)15-13(16)17-9-10-5-2-1-3-6-10/h1-3,5-6,11-12H,4,7-9H2,(H,15,16). The number of carbonyl (C=O) groups excluding carboxylic acids is 1. The van der Waals surface area contributed by atoms with Crippen LogP contribution in [0.3, 0.4) is 0 Å². The van der Waals surface area contributed by atoms with E-state index in [4.69, 9.17) is 16.3 Å². The maximum Gasteiger partial charge on any atom is 0.407 e. The van der Waals surface area contributed by atoms with Crippen LogP contribution in [-0.2, 0) is 11.3 Å². The molecule has 0 spiro atoms. The molecule has 1 aliphatic rings. The first-order valence-corrected chi connectivity index (χ1v) is 6.30. The molecule has 17 heavy (non-hydrogen) atoms. The number of nitrogens with one attached hydrogen (secondary N) is 1. The van der Waals surface area contributed by atoms with Crippen LogP contribution in [0.4, 0.5) is 4.79 Å². The highest BCUT2D eigenvalue weighted by molar-refractivity contribution is 6.21. The van der Waals surface area contributed by atoms with Crippen LogP contribution < -0.4 is 5.32 Å². The van der Waals surface area contributed by atoms with Crippen molar-refractivity contribution in [3.63, 3.8) is 0 Å². The van der Waals surface area contributed by atoms with Gasteiger partial charge in [-0.05, 0) is 24.8 Å². The van der Waals surface area contributed by atoms with E-state index in [1.807, 2.05) is 30.3 Å². The predicted molar refractivity (Wildman–Crippen MR) is 67.0 cm³/mol. The molecule has 92 valence electrons. The number of halogens is 1. The van der Waals surface area contributed by atoms with Crippen molar-refractivity contribution in [2.75, 3.05) is 0 Å². The molecule has 0 radical (unpaired) electrons. The zero-order chi connectivity index (χ0) is 12.1. The van der Waals surface area contributed by atoms with Gasteiger partial charge in [-0.15, -0.1) is 11.6 Å². The van der Waals surface area contributed by atoms with Crippen molar-refractivity contribution < 1.29 is 9.53 Å². The van der Waals surface area contributed by atoms with Gasteiger partial charge < -0.3 is 10.1 Å². The number of alkyl halides is 1. The van der Waals surface area contributed by atoms with Crippen molar-refractivity contribution in [3.8, 4) is 0 Å². The van der Waals surface area contributed by atoms with E-state index < -0.39 is 0 Å². The Hall–Kier alpha value is -1.22. The van der Waals surface area contributed by atoms with Crippen molar-refractivity contribution in [3.05, 3.63) is 35.9 Å². The van der Waals surface area contributed by atoms with Crippen molar-refractivity contribution in [2.45, 2.75) is 37.3 Å². The Labute approximate surface area is 106 Å². The van der Waals surface area contributed by atoms with E-state index in [-0.39, 0.29) is 17.5 Å². The fraction of sp³-hybridized carbons (Fsp3) is 0.462. The van der Waals surface area contributed by atoms with E-state index in [1.54, 1.807) is 0 Å². The lowest BCUT2D eigenvalue weighted by molar-refractivity contribution is 0.136. The van der Waals surface area contributed by atoms with Gasteiger partial charge in [-0.3, -0.25) is 0 Å². The van der Waals surface area contributed by atoms with E-state index in [9.17, 15) is 4.79 Å². The highest BCUT2D eigenvalue weighted by atomic mass is 35.5. The first-order valence-electron chi connectivity index (χ1n) is 5.87. The maximum absolute atomic E-state index is 11.5. The van der Waals surface area contributed by atoms with Gasteiger partial charge in [0.25, 0.3) is 0 Å². The highest BCUT2D eigenvalue weighted by Crippen LogP contribution is 2.23. The van der Waals surface area contributed by atoms with Gasteiger partial charge in [0.1, 0.15) is 6.61 Å². The number of rotatable bonds is 3. The van der Waals surface area contributed by atoms with Crippen molar-refractivity contribution in [2.24, 2.45) is 0 Å². The Morgan fingerprint density at radius 2 is 2.12 bits per heavy atom. The zero-order valence-corrected chi connectivity index (χ0v) is 10.3. The number of alkyl carbamates (subject to hydrolysis) is 1. The minimum Gasteiger partial charge on any atom is -0.445 e. The lowest BCUT2D eigenvalue weighted by Gasteiger charge is -2.15. The number of hydrogen-bond acceptors (Lipinski definition) is 2. The average Bonchev–Trinajstić information content (AvgIpc) is 2.74. The van der Waals surface area contributed by atoms with Gasteiger partial charge in [0.05, 0.1) is 5.38 Å². The predicted octanol–water partition coefficient (Wildman–Crippen LogP) is 3.07. The molecule has 1 N–H and O–H groups in total. The van der Waals surface area contributed by atoms with Gasteiger partial charge in [-0.25, -0.2) is 4.79 Å². The molecule has 0 aromatic heterocycles. The first-order chi connectivity index (χ1) is 8.25. The summed E-state index contributed by atoms with van der Waals surface area (Å²) in [6.45, 7) is 0.298. The van der Waals surface area contributed by atoms with Crippen LogP contribution in [-0.4, -0.2) is 17.5 Å². The molecule has 1 saturated carbocycles. The number of ether oxygens (including phenoxy) is 1. The van der Waals surface area contributed by atoms with Crippen LogP contribution in [0.2, 0.25) is 0 Å². The van der Waals surface area contributed by atoms with Crippen molar-refractivity contribution in [1.82, 2.24) is 5.32 Å². The quantitative estimate of drug-likeness (QED) is 0.841. The molecule has 4 heteroatoms. The SMILES string of the molecule is O=C(NC1CCCC1Cl)OCc1ccccc1. The Balaban J connectivity index is 1.74. The molecule has 1 fully saturated rings. The number of benzene rings is 1. The summed E-state index contributed by atoms with van der Waals surface area (Å²) in [4.78, 5) is 11.5. The molecule has 2 rings (SSSR count). The van der Waals surface area contributed by atoms with Crippen LogP contribution in [0.5, 0.6) is 0 Å². The van der Waals surface area contributed by atoms with E-state index in [1.165, 1.54) is 0 Å². The molecule has 0 heterocycles. The molecule has 0 aliphatic heterocycles. The largest absolute Gasteiger partial charge is 0.445 e. The van der Waals surface area contributed by atoms with E-state index in [0.717, 1.165) is 24.8 Å². The average molecular weight is 254 g/mol. The molecule has 1 aliphatic carbocycles. The van der Waals surface area contributed by atoms with Crippen molar-refractivity contribution >= 4 is 17.7 Å². The minimum absolute atomic E-state index is 0.0410. The molecule has 0 bridgehead atoms. The third-order valence-corrected chi connectivity index (χ3v) is 3.47. The Kier molecular flexibility index (Phi) is 4.26. The van der Waals surface area contributed by atoms with Gasteiger partial charge in [0, 0.05) is 6.04 Å². The van der Waals surface area contributed by atoms with Crippen LogP contribution in [0.25, 0.3) is 0 Å². The van der Waals surface area contributed by atoms with E-state index >= 15 is 0 Å². The van der Waals surface area contributed by atoms with E-state index in [0.29, 0.717) is 6.61 Å². The zero-order valence-electron chi connectivity index (χ0n) is 9.56. The molecule has 1 aromatic rings. The van der Waals surface area contributed by atoms with Gasteiger partial charge in [0.2, 0.25) is 0 Å². The number of amides is 1. The van der Waals surface area contributed by atoms with Gasteiger partial charge >= 0.3 is 6.09 Å². The lowest BCUT2D eigenvalue weighted by atomic mass is 10.2. The lowest BCUT2D eigenvalue weighted by Crippen LogP contribution is -2.38. The van der Waals surface area contributed by atoms with Crippen LogP contribution in [0.15, 0.2) is 30.3 Å². The van der Waals surface area contributed by atoms with Crippen LogP contribution >= 0.6 is 11.6 Å². The van der Waals surface area contributed by atoms with Gasteiger partial charge in [0.15, 0.2) is 0 Å². The molecular formula is C13H16ClNO2. The smallest absolute Gasteiger partial charge is 0.407 e. The summed E-state index contributed by atoms with van der Waals surface area (Å²) < 4.78 is 5.13. The Morgan fingerprint density at radius 1 is 1.35 bits per heavy atom. The fourth-order valence-corrected chi connectivity index (χ4v) is 2.34. The normalized spacial score (nSPS) is 23.4.